The predicted octanol–water partition coefficient (Wildman–Crippen LogP) is 4.66. The molecule has 27 heavy (non-hydrogen) atoms. The summed E-state index contributed by atoms with van der Waals surface area (Å²) < 4.78 is 6.01. The smallest absolute Gasteiger partial charge is 0.170 e. The Morgan fingerprint density at radius 1 is 1.11 bits per heavy atom. The van der Waals surface area contributed by atoms with Crippen LogP contribution >= 0.6 is 12.2 Å². The van der Waals surface area contributed by atoms with Gasteiger partial charge in [-0.3, -0.25) is 0 Å². The molecule has 0 unspecified atom stereocenters. The minimum Gasteiger partial charge on any atom is -0.490 e. The Balaban J connectivity index is 1.31. The van der Waals surface area contributed by atoms with Crippen LogP contribution in [0.15, 0.2) is 24.3 Å². The van der Waals surface area contributed by atoms with Crippen molar-refractivity contribution in [2.45, 2.75) is 58.5 Å². The molecular formula is C22H35N3OS. The number of hydrogen-bond acceptors (Lipinski definition) is 3. The van der Waals surface area contributed by atoms with Crippen molar-refractivity contribution in [3.05, 3.63) is 24.3 Å². The van der Waals surface area contributed by atoms with Crippen LogP contribution in [0.3, 0.4) is 0 Å². The lowest BCUT2D eigenvalue weighted by molar-refractivity contribution is 0.140. The Kier molecular flexibility index (Phi) is 7.77. The second-order valence-electron chi connectivity index (χ2n) is 8.49. The van der Waals surface area contributed by atoms with Crippen LogP contribution in [0.25, 0.3) is 0 Å². The summed E-state index contributed by atoms with van der Waals surface area (Å²) in [4.78, 5) is 2.60. The van der Waals surface area contributed by atoms with Crippen molar-refractivity contribution in [1.29, 1.82) is 0 Å². The van der Waals surface area contributed by atoms with Crippen LogP contribution < -0.4 is 15.4 Å². The van der Waals surface area contributed by atoms with Gasteiger partial charge in [0.1, 0.15) is 5.75 Å². The molecule has 2 fully saturated rings. The van der Waals surface area contributed by atoms with Crippen molar-refractivity contribution in [3.8, 4) is 5.75 Å². The second-order valence-corrected chi connectivity index (χ2v) is 8.90. The van der Waals surface area contributed by atoms with Gasteiger partial charge in [0.05, 0.1) is 6.10 Å². The molecule has 1 heterocycles. The highest BCUT2D eigenvalue weighted by Gasteiger charge is 2.21. The summed E-state index contributed by atoms with van der Waals surface area (Å²) in [5.74, 6) is 2.60. The van der Waals surface area contributed by atoms with Gasteiger partial charge < -0.3 is 20.3 Å². The SMILES string of the molecule is C[C@@H]1C[C@H](C)CN(CCCNC(=S)Nc2ccc(OC3CCCC3)cc2)C1. The van der Waals surface area contributed by atoms with Gasteiger partial charge in [0.15, 0.2) is 5.11 Å². The third-order valence-corrected chi connectivity index (χ3v) is 5.84. The van der Waals surface area contributed by atoms with Crippen LogP contribution in [0.1, 0.15) is 52.4 Å². The first-order valence-corrected chi connectivity index (χ1v) is 11.0. The number of benzene rings is 1. The van der Waals surface area contributed by atoms with Gasteiger partial charge in [0.2, 0.25) is 0 Å². The Hall–Kier alpha value is -1.33. The quantitative estimate of drug-likeness (QED) is 0.524. The van der Waals surface area contributed by atoms with Crippen molar-refractivity contribution in [2.24, 2.45) is 11.8 Å². The van der Waals surface area contributed by atoms with Gasteiger partial charge in [-0.15, -0.1) is 0 Å². The fraction of sp³-hybridized carbons (Fsp3) is 0.682. The standard InChI is InChI=1S/C22H35N3OS/c1-17-14-18(2)16-25(15-17)13-5-12-23-22(27)24-19-8-10-21(11-9-19)26-20-6-3-4-7-20/h8-11,17-18,20H,3-7,12-16H2,1-2H3,(H2,23,24,27)/t17-,18+. The number of ether oxygens (including phenoxy) is 1. The molecule has 2 atom stereocenters. The van der Waals surface area contributed by atoms with Gasteiger partial charge in [0.25, 0.3) is 0 Å². The maximum atomic E-state index is 6.01. The van der Waals surface area contributed by atoms with E-state index in [0.717, 1.165) is 42.8 Å². The minimum absolute atomic E-state index is 0.400. The number of rotatable bonds is 7. The molecule has 1 saturated carbocycles. The van der Waals surface area contributed by atoms with E-state index in [0.29, 0.717) is 11.2 Å². The Bertz CT molecular complexity index is 576. The normalized spacial score (nSPS) is 23.9. The van der Waals surface area contributed by atoms with Gasteiger partial charge in [0, 0.05) is 25.3 Å². The van der Waals surface area contributed by atoms with E-state index >= 15 is 0 Å². The van der Waals surface area contributed by atoms with Crippen LogP contribution in [0, 0.1) is 11.8 Å². The number of piperidine rings is 1. The molecule has 1 aromatic carbocycles. The summed E-state index contributed by atoms with van der Waals surface area (Å²) >= 11 is 5.42. The van der Waals surface area contributed by atoms with E-state index in [-0.39, 0.29) is 0 Å². The largest absolute Gasteiger partial charge is 0.490 e. The van der Waals surface area contributed by atoms with Crippen LogP contribution in [0.5, 0.6) is 5.75 Å². The van der Waals surface area contributed by atoms with E-state index in [1.54, 1.807) is 0 Å². The van der Waals surface area contributed by atoms with E-state index < -0.39 is 0 Å². The molecular weight excluding hydrogens is 354 g/mol. The number of nitrogens with one attached hydrogen (secondary N) is 2. The highest BCUT2D eigenvalue weighted by atomic mass is 32.1. The molecule has 1 aromatic rings. The van der Waals surface area contributed by atoms with Crippen molar-refractivity contribution < 1.29 is 4.74 Å². The fourth-order valence-corrected chi connectivity index (χ4v) is 4.69. The Morgan fingerprint density at radius 3 is 2.44 bits per heavy atom. The molecule has 3 rings (SSSR count). The van der Waals surface area contributed by atoms with Gasteiger partial charge in [-0.05, 0) is 93.4 Å². The molecule has 2 N–H and O–H groups in total. The van der Waals surface area contributed by atoms with Gasteiger partial charge in [-0.2, -0.15) is 0 Å². The lowest BCUT2D eigenvalue weighted by Gasteiger charge is -2.34. The summed E-state index contributed by atoms with van der Waals surface area (Å²) in [6, 6.07) is 8.13. The average Bonchev–Trinajstić information content (AvgIpc) is 3.13. The highest BCUT2D eigenvalue weighted by Crippen LogP contribution is 2.25. The topological polar surface area (TPSA) is 36.5 Å². The first-order chi connectivity index (χ1) is 13.1. The minimum atomic E-state index is 0.400. The monoisotopic (exact) mass is 389 g/mol. The number of nitrogens with zero attached hydrogens (tertiary/aromatic N) is 1. The summed E-state index contributed by atoms with van der Waals surface area (Å²) in [6.45, 7) is 9.27. The zero-order chi connectivity index (χ0) is 19.1. The fourth-order valence-electron chi connectivity index (χ4n) is 4.47. The van der Waals surface area contributed by atoms with Crippen molar-refractivity contribution in [1.82, 2.24) is 10.2 Å². The Morgan fingerprint density at radius 2 is 1.78 bits per heavy atom. The lowest BCUT2D eigenvalue weighted by Crippen LogP contribution is -2.40. The molecule has 1 aliphatic carbocycles. The van der Waals surface area contributed by atoms with Crippen molar-refractivity contribution in [2.75, 3.05) is 31.5 Å². The molecule has 5 heteroatoms. The first kappa shape index (κ1) is 20.4. The molecule has 150 valence electrons. The summed E-state index contributed by atoms with van der Waals surface area (Å²) in [5.41, 5.74) is 1.00. The van der Waals surface area contributed by atoms with Crippen molar-refractivity contribution >= 4 is 23.0 Å². The molecule has 0 bridgehead atoms. The van der Waals surface area contributed by atoms with Crippen LogP contribution in [-0.4, -0.2) is 42.3 Å². The van der Waals surface area contributed by atoms with Gasteiger partial charge >= 0.3 is 0 Å². The van der Waals surface area contributed by atoms with Crippen LogP contribution in [-0.2, 0) is 0 Å². The highest BCUT2D eigenvalue weighted by molar-refractivity contribution is 7.80. The van der Waals surface area contributed by atoms with E-state index in [1.807, 2.05) is 24.3 Å². The summed E-state index contributed by atoms with van der Waals surface area (Å²) in [5, 5.41) is 7.29. The number of anilines is 1. The van der Waals surface area contributed by atoms with E-state index in [1.165, 1.54) is 45.2 Å². The van der Waals surface area contributed by atoms with E-state index in [2.05, 4.69) is 29.4 Å². The summed E-state index contributed by atoms with van der Waals surface area (Å²) in [7, 11) is 0. The summed E-state index contributed by atoms with van der Waals surface area (Å²) in [6.07, 6.45) is 7.84. The van der Waals surface area contributed by atoms with Crippen LogP contribution in [0.2, 0.25) is 0 Å². The zero-order valence-corrected chi connectivity index (χ0v) is 17.7. The molecule has 1 saturated heterocycles. The van der Waals surface area contributed by atoms with E-state index in [9.17, 15) is 0 Å². The molecule has 0 spiro atoms. The molecule has 4 nitrogen and oxygen atoms in total. The number of hydrogen-bond donors (Lipinski definition) is 2. The van der Waals surface area contributed by atoms with Crippen LogP contribution in [0.4, 0.5) is 5.69 Å². The molecule has 0 radical (unpaired) electrons. The third-order valence-electron chi connectivity index (χ3n) is 5.60. The maximum absolute atomic E-state index is 6.01. The predicted molar refractivity (Wildman–Crippen MR) is 118 cm³/mol. The molecule has 0 aromatic heterocycles. The lowest BCUT2D eigenvalue weighted by atomic mass is 9.92. The van der Waals surface area contributed by atoms with Gasteiger partial charge in [-0.25, -0.2) is 0 Å². The number of thiocarbonyl (C=S) groups is 1. The molecule has 2 aliphatic rings. The zero-order valence-electron chi connectivity index (χ0n) is 16.9. The maximum Gasteiger partial charge on any atom is 0.170 e. The molecule has 1 aliphatic heterocycles. The first-order valence-electron chi connectivity index (χ1n) is 10.6. The Labute approximate surface area is 170 Å². The third kappa shape index (κ3) is 6.96. The van der Waals surface area contributed by atoms with Gasteiger partial charge in [-0.1, -0.05) is 13.8 Å². The average molecular weight is 390 g/mol. The van der Waals surface area contributed by atoms with E-state index in [4.69, 9.17) is 17.0 Å². The second kappa shape index (κ2) is 10.3. The van der Waals surface area contributed by atoms with Crippen molar-refractivity contribution in [3.63, 3.8) is 0 Å². The number of likely N-dealkylation sites (tertiary alicyclic amines) is 1. The molecule has 0 amide bonds.